The van der Waals surface area contributed by atoms with Crippen LogP contribution < -0.4 is 0 Å². The molecule has 0 heterocycles. The normalized spacial score (nSPS) is 20.7. The Kier molecular flexibility index (Phi) is 6.45. The third-order valence-electron chi connectivity index (χ3n) is 3.60. The van der Waals surface area contributed by atoms with Gasteiger partial charge in [-0.25, -0.2) is 0 Å². The zero-order valence-corrected chi connectivity index (χ0v) is 15.5. The van der Waals surface area contributed by atoms with Gasteiger partial charge in [-0.15, -0.1) is 0 Å². The van der Waals surface area contributed by atoms with Gasteiger partial charge in [0.05, 0.1) is 6.61 Å². The fourth-order valence-electron chi connectivity index (χ4n) is 2.61. The van der Waals surface area contributed by atoms with Gasteiger partial charge in [0.15, 0.2) is 5.78 Å². The van der Waals surface area contributed by atoms with E-state index >= 15 is 0 Å². The molecule has 6 heteroatoms. The number of halogens is 3. The van der Waals surface area contributed by atoms with E-state index in [4.69, 9.17) is 27.9 Å². The first-order chi connectivity index (χ1) is 10.9. The number of carbonyl (C=O) groups excluding carboxylic acids is 2. The summed E-state index contributed by atoms with van der Waals surface area (Å²) in [5.41, 5.74) is 1.77. The molecule has 0 N–H and O–H groups in total. The Morgan fingerprint density at radius 1 is 1.35 bits per heavy atom. The van der Waals surface area contributed by atoms with Gasteiger partial charge in [-0.2, -0.15) is 0 Å². The monoisotopic (exact) mass is 416 g/mol. The van der Waals surface area contributed by atoms with Crippen LogP contribution in [0, 0.1) is 11.8 Å². The average molecular weight is 418 g/mol. The maximum atomic E-state index is 12.5. The molecule has 0 saturated heterocycles. The lowest BCUT2D eigenvalue weighted by atomic mass is 9.77. The zero-order chi connectivity index (χ0) is 17.0. The zero-order valence-electron chi connectivity index (χ0n) is 12.4. The first kappa shape index (κ1) is 18.2. The highest BCUT2D eigenvalue weighted by Crippen LogP contribution is 2.36. The number of carbonyl (C=O) groups is 2. The molecule has 1 aliphatic rings. The number of benzene rings is 1. The minimum absolute atomic E-state index is 0.0363. The topological polar surface area (TPSA) is 43.4 Å². The van der Waals surface area contributed by atoms with E-state index in [0.29, 0.717) is 6.42 Å². The average Bonchev–Trinajstić information content (AvgIpc) is 2.47. The van der Waals surface area contributed by atoms with Gasteiger partial charge >= 0.3 is 5.97 Å². The SMILES string of the molecule is CCOC(=O)C1C(=O)C=C(c2ccc(Br)cc2)CC1C=C(Cl)Cl. The highest BCUT2D eigenvalue weighted by atomic mass is 79.9. The molecule has 2 atom stereocenters. The fraction of sp³-hybridized carbons (Fsp3) is 0.294. The van der Waals surface area contributed by atoms with Gasteiger partial charge in [-0.3, -0.25) is 9.59 Å². The number of hydrogen-bond acceptors (Lipinski definition) is 3. The van der Waals surface area contributed by atoms with Crippen LogP contribution in [0.1, 0.15) is 18.9 Å². The number of ketones is 1. The summed E-state index contributed by atoms with van der Waals surface area (Å²) < 4.78 is 6.00. The summed E-state index contributed by atoms with van der Waals surface area (Å²) in [6.45, 7) is 1.92. The summed E-state index contributed by atoms with van der Waals surface area (Å²) in [6, 6.07) is 7.63. The third-order valence-corrected chi connectivity index (χ3v) is 4.38. The minimum atomic E-state index is -0.901. The van der Waals surface area contributed by atoms with Crippen molar-refractivity contribution in [2.75, 3.05) is 6.61 Å². The van der Waals surface area contributed by atoms with Crippen LogP contribution in [-0.2, 0) is 14.3 Å². The fourth-order valence-corrected chi connectivity index (χ4v) is 3.20. The highest BCUT2D eigenvalue weighted by molar-refractivity contribution is 9.10. The standard InChI is InChI=1S/C17H15BrCl2O3/c1-2-23-17(22)16-12(9-15(19)20)7-11(8-14(16)21)10-3-5-13(18)6-4-10/h3-6,8-9,12,16H,2,7H2,1H3. The number of esters is 1. The Labute approximate surface area is 153 Å². The largest absolute Gasteiger partial charge is 0.465 e. The molecule has 1 aliphatic carbocycles. The molecule has 2 unspecified atom stereocenters. The van der Waals surface area contributed by atoms with E-state index < -0.39 is 17.8 Å². The highest BCUT2D eigenvalue weighted by Gasteiger charge is 2.38. The van der Waals surface area contributed by atoms with Gasteiger partial charge < -0.3 is 4.74 Å². The molecule has 1 aromatic carbocycles. The van der Waals surface area contributed by atoms with Crippen molar-refractivity contribution in [2.24, 2.45) is 11.8 Å². The quantitative estimate of drug-likeness (QED) is 0.515. The van der Waals surface area contributed by atoms with Crippen molar-refractivity contribution in [3.8, 4) is 0 Å². The van der Waals surface area contributed by atoms with E-state index in [9.17, 15) is 9.59 Å². The minimum Gasteiger partial charge on any atom is -0.465 e. The predicted molar refractivity (Wildman–Crippen MR) is 95.1 cm³/mol. The van der Waals surface area contributed by atoms with E-state index in [2.05, 4.69) is 15.9 Å². The Hall–Kier alpha value is -1.10. The third kappa shape index (κ3) is 4.69. The first-order valence-electron chi connectivity index (χ1n) is 7.12. The van der Waals surface area contributed by atoms with Crippen LogP contribution in [0.2, 0.25) is 0 Å². The second-order valence-electron chi connectivity index (χ2n) is 5.13. The Bertz CT molecular complexity index is 661. The van der Waals surface area contributed by atoms with Gasteiger partial charge in [0.1, 0.15) is 10.4 Å². The Morgan fingerprint density at radius 3 is 2.57 bits per heavy atom. The van der Waals surface area contributed by atoms with Gasteiger partial charge in [-0.1, -0.05) is 51.3 Å². The molecule has 2 rings (SSSR count). The van der Waals surface area contributed by atoms with Crippen LogP contribution >= 0.6 is 39.1 Å². The van der Waals surface area contributed by atoms with Crippen molar-refractivity contribution in [3.63, 3.8) is 0 Å². The van der Waals surface area contributed by atoms with E-state index in [1.807, 2.05) is 24.3 Å². The lowest BCUT2D eigenvalue weighted by Crippen LogP contribution is -2.34. The van der Waals surface area contributed by atoms with Crippen molar-refractivity contribution >= 4 is 56.5 Å². The van der Waals surface area contributed by atoms with Gasteiger partial charge in [0, 0.05) is 10.4 Å². The molecule has 0 spiro atoms. The molecule has 122 valence electrons. The lowest BCUT2D eigenvalue weighted by Gasteiger charge is -2.27. The van der Waals surface area contributed by atoms with Crippen LogP contribution in [-0.4, -0.2) is 18.4 Å². The predicted octanol–water partition coefficient (Wildman–Crippen LogP) is 4.92. The molecule has 3 nitrogen and oxygen atoms in total. The van der Waals surface area contributed by atoms with Crippen LogP contribution in [0.5, 0.6) is 0 Å². The summed E-state index contributed by atoms with van der Waals surface area (Å²) in [5.74, 6) is -2.15. The van der Waals surface area contributed by atoms with E-state index in [1.165, 1.54) is 12.2 Å². The Balaban J connectivity index is 2.37. The first-order valence-corrected chi connectivity index (χ1v) is 8.67. The number of allylic oxidation sites excluding steroid dienone is 3. The van der Waals surface area contributed by atoms with Crippen LogP contribution in [0.4, 0.5) is 0 Å². The number of rotatable bonds is 4. The lowest BCUT2D eigenvalue weighted by molar-refractivity contribution is -0.152. The molecule has 0 aliphatic heterocycles. The van der Waals surface area contributed by atoms with Crippen molar-refractivity contribution in [2.45, 2.75) is 13.3 Å². The molecular formula is C17H15BrCl2O3. The van der Waals surface area contributed by atoms with Gasteiger partial charge in [-0.05, 0) is 48.8 Å². The molecule has 23 heavy (non-hydrogen) atoms. The second kappa shape index (κ2) is 8.13. The maximum Gasteiger partial charge on any atom is 0.317 e. The number of ether oxygens (including phenoxy) is 1. The summed E-state index contributed by atoms with van der Waals surface area (Å²) in [4.78, 5) is 24.5. The molecular weight excluding hydrogens is 403 g/mol. The van der Waals surface area contributed by atoms with E-state index in [0.717, 1.165) is 15.6 Å². The summed E-state index contributed by atoms with van der Waals surface area (Å²) in [5, 5.41) is 0. The van der Waals surface area contributed by atoms with Crippen LogP contribution in [0.15, 0.2) is 45.4 Å². The van der Waals surface area contributed by atoms with Crippen molar-refractivity contribution in [1.29, 1.82) is 0 Å². The van der Waals surface area contributed by atoms with Crippen LogP contribution in [0.3, 0.4) is 0 Å². The maximum absolute atomic E-state index is 12.5. The van der Waals surface area contributed by atoms with Gasteiger partial charge in [0.25, 0.3) is 0 Å². The van der Waals surface area contributed by atoms with Crippen LogP contribution in [0.25, 0.3) is 5.57 Å². The molecule has 0 aromatic heterocycles. The molecule has 1 aromatic rings. The summed E-state index contributed by atoms with van der Waals surface area (Å²) >= 11 is 14.9. The van der Waals surface area contributed by atoms with E-state index in [1.54, 1.807) is 6.92 Å². The van der Waals surface area contributed by atoms with Crippen molar-refractivity contribution in [3.05, 3.63) is 50.9 Å². The number of hydrogen-bond donors (Lipinski definition) is 0. The molecule has 0 radical (unpaired) electrons. The molecule has 0 saturated carbocycles. The second-order valence-corrected chi connectivity index (χ2v) is 7.06. The molecule has 0 fully saturated rings. The summed E-state index contributed by atoms with van der Waals surface area (Å²) in [6.07, 6.45) is 3.53. The van der Waals surface area contributed by atoms with Crippen molar-refractivity contribution in [1.82, 2.24) is 0 Å². The molecule has 0 bridgehead atoms. The van der Waals surface area contributed by atoms with E-state index in [-0.39, 0.29) is 16.9 Å². The summed E-state index contributed by atoms with van der Waals surface area (Å²) in [7, 11) is 0. The van der Waals surface area contributed by atoms with Gasteiger partial charge in [0.2, 0.25) is 0 Å². The smallest absolute Gasteiger partial charge is 0.317 e. The van der Waals surface area contributed by atoms with Crippen molar-refractivity contribution < 1.29 is 14.3 Å². The Morgan fingerprint density at radius 2 is 2.00 bits per heavy atom. The molecule has 0 amide bonds.